The van der Waals surface area contributed by atoms with Crippen molar-refractivity contribution in [3.63, 3.8) is 0 Å². The second-order valence-corrected chi connectivity index (χ2v) is 3.97. The Kier molecular flexibility index (Phi) is 5.61. The lowest BCUT2D eigenvalue weighted by Gasteiger charge is -2.13. The van der Waals surface area contributed by atoms with Gasteiger partial charge in [0, 0.05) is 11.0 Å². The van der Waals surface area contributed by atoms with Crippen molar-refractivity contribution >= 4 is 11.5 Å². The molecule has 0 heterocycles. The quantitative estimate of drug-likeness (QED) is 0.212. The minimum absolute atomic E-state index is 0.0907. The fourth-order valence-corrected chi connectivity index (χ4v) is 1.69. The number of ether oxygens (including phenoxy) is 1. The fraction of sp³-hybridized carbons (Fsp3) is 0.214. The number of methoxy groups -OCH3 is 1. The predicted molar refractivity (Wildman–Crippen MR) is 73.1 cm³/mol. The van der Waals surface area contributed by atoms with Crippen LogP contribution in [0, 0.1) is 12.3 Å². The van der Waals surface area contributed by atoms with E-state index in [1.54, 1.807) is 0 Å². The van der Waals surface area contributed by atoms with Gasteiger partial charge in [-0.2, -0.15) is 13.2 Å². The van der Waals surface area contributed by atoms with Crippen molar-refractivity contribution in [3.05, 3.63) is 51.4 Å². The van der Waals surface area contributed by atoms with E-state index in [9.17, 15) is 18.0 Å². The molecule has 0 amide bonds. The molecule has 0 fully saturated rings. The van der Waals surface area contributed by atoms with Gasteiger partial charge < -0.3 is 4.74 Å². The van der Waals surface area contributed by atoms with E-state index < -0.39 is 17.7 Å². The van der Waals surface area contributed by atoms with Crippen molar-refractivity contribution in [2.45, 2.75) is 12.7 Å². The summed E-state index contributed by atoms with van der Waals surface area (Å²) in [6.45, 7) is -0.233. The van der Waals surface area contributed by atoms with Crippen LogP contribution in [0.4, 0.5) is 13.2 Å². The van der Waals surface area contributed by atoms with E-state index in [0.29, 0.717) is 0 Å². The van der Waals surface area contributed by atoms with Gasteiger partial charge in [-0.25, -0.2) is 4.79 Å². The van der Waals surface area contributed by atoms with E-state index in [-0.39, 0.29) is 23.2 Å². The van der Waals surface area contributed by atoms with Crippen molar-refractivity contribution in [2.24, 2.45) is 5.11 Å². The Morgan fingerprint density at radius 2 is 2.23 bits per heavy atom. The molecule has 114 valence electrons. The Labute approximate surface area is 124 Å². The molecule has 1 rings (SSSR count). The standard InChI is InChI=1S/C14H10F3N3O2/c1-3-4-11(13(21)22-2)12-7-10(14(15,16)17)6-5-9(12)8-19-20-18/h1,4-7H,8H2,2H3/b11-4-. The van der Waals surface area contributed by atoms with Gasteiger partial charge in [-0.3, -0.25) is 0 Å². The van der Waals surface area contributed by atoms with Gasteiger partial charge in [-0.15, -0.1) is 6.42 Å². The van der Waals surface area contributed by atoms with Crippen LogP contribution in [-0.4, -0.2) is 13.1 Å². The number of rotatable bonds is 4. The molecule has 0 N–H and O–H groups in total. The van der Waals surface area contributed by atoms with Crippen LogP contribution in [0.3, 0.4) is 0 Å². The average Bonchev–Trinajstić information content (AvgIpc) is 2.48. The summed E-state index contributed by atoms with van der Waals surface area (Å²) < 4.78 is 43.0. The Bertz CT molecular complexity index is 696. The largest absolute Gasteiger partial charge is 0.465 e. The summed E-state index contributed by atoms with van der Waals surface area (Å²) >= 11 is 0. The molecule has 0 saturated carbocycles. The number of carbonyl (C=O) groups excluding carboxylic acids is 1. The first kappa shape index (κ1) is 17.1. The molecule has 5 nitrogen and oxygen atoms in total. The summed E-state index contributed by atoms with van der Waals surface area (Å²) in [6, 6.07) is 2.72. The number of nitrogens with zero attached hydrogens (tertiary/aromatic N) is 3. The van der Waals surface area contributed by atoms with E-state index >= 15 is 0 Å². The third kappa shape index (κ3) is 4.04. The summed E-state index contributed by atoms with van der Waals surface area (Å²) in [4.78, 5) is 14.3. The molecule has 8 heteroatoms. The van der Waals surface area contributed by atoms with Gasteiger partial charge in [0.25, 0.3) is 0 Å². The number of halogens is 3. The Hall–Kier alpha value is -2.91. The van der Waals surface area contributed by atoms with Gasteiger partial charge in [0.05, 0.1) is 24.8 Å². The van der Waals surface area contributed by atoms with Crippen LogP contribution in [0.25, 0.3) is 16.0 Å². The molecule has 0 aromatic heterocycles. The first-order chi connectivity index (χ1) is 10.3. The number of esters is 1. The first-order valence-corrected chi connectivity index (χ1v) is 5.81. The zero-order chi connectivity index (χ0) is 16.8. The highest BCUT2D eigenvalue weighted by atomic mass is 19.4. The van der Waals surface area contributed by atoms with Crippen LogP contribution in [-0.2, 0) is 22.3 Å². The van der Waals surface area contributed by atoms with Crippen LogP contribution in [0.15, 0.2) is 29.4 Å². The zero-order valence-corrected chi connectivity index (χ0v) is 11.4. The zero-order valence-electron chi connectivity index (χ0n) is 11.4. The third-order valence-electron chi connectivity index (χ3n) is 2.66. The Balaban J connectivity index is 3.57. The lowest BCUT2D eigenvalue weighted by Crippen LogP contribution is -2.10. The van der Waals surface area contributed by atoms with E-state index in [0.717, 1.165) is 31.4 Å². The highest BCUT2D eigenvalue weighted by molar-refractivity contribution is 6.17. The summed E-state index contributed by atoms with van der Waals surface area (Å²) in [6.07, 6.45) is 1.50. The number of alkyl halides is 3. The third-order valence-corrected chi connectivity index (χ3v) is 2.66. The minimum Gasteiger partial charge on any atom is -0.465 e. The monoisotopic (exact) mass is 309 g/mol. The van der Waals surface area contributed by atoms with Gasteiger partial charge in [0.1, 0.15) is 0 Å². The summed E-state index contributed by atoms with van der Waals surface area (Å²) in [7, 11) is 1.08. The Morgan fingerprint density at radius 1 is 1.55 bits per heavy atom. The van der Waals surface area contributed by atoms with Crippen molar-refractivity contribution in [3.8, 4) is 12.3 Å². The van der Waals surface area contributed by atoms with Crippen LogP contribution < -0.4 is 0 Å². The van der Waals surface area contributed by atoms with Crippen molar-refractivity contribution in [1.82, 2.24) is 0 Å². The predicted octanol–water partition coefficient (Wildman–Crippen LogP) is 3.71. The summed E-state index contributed by atoms with van der Waals surface area (Å²) in [5.74, 6) is 1.19. The van der Waals surface area contributed by atoms with Gasteiger partial charge >= 0.3 is 12.1 Å². The second kappa shape index (κ2) is 7.20. The van der Waals surface area contributed by atoms with Gasteiger partial charge in [-0.1, -0.05) is 17.1 Å². The molecule has 0 aliphatic carbocycles. The summed E-state index contributed by atoms with van der Waals surface area (Å²) in [5.41, 5.74) is 7.29. The first-order valence-electron chi connectivity index (χ1n) is 5.81. The molecular formula is C14H10F3N3O2. The van der Waals surface area contributed by atoms with E-state index in [1.165, 1.54) is 0 Å². The molecule has 0 aliphatic heterocycles. The van der Waals surface area contributed by atoms with E-state index in [1.807, 2.05) is 0 Å². The molecule has 0 atom stereocenters. The van der Waals surface area contributed by atoms with Crippen molar-refractivity contribution in [1.29, 1.82) is 0 Å². The van der Waals surface area contributed by atoms with Gasteiger partial charge in [-0.05, 0) is 28.8 Å². The topological polar surface area (TPSA) is 75.1 Å². The maximum absolute atomic E-state index is 12.8. The fourth-order valence-electron chi connectivity index (χ4n) is 1.69. The molecule has 0 bridgehead atoms. The highest BCUT2D eigenvalue weighted by Crippen LogP contribution is 2.33. The number of hydrogen-bond acceptors (Lipinski definition) is 3. The van der Waals surface area contributed by atoms with Crippen molar-refractivity contribution < 1.29 is 22.7 Å². The van der Waals surface area contributed by atoms with Crippen LogP contribution >= 0.6 is 0 Å². The molecular weight excluding hydrogens is 299 g/mol. The van der Waals surface area contributed by atoms with Crippen molar-refractivity contribution in [2.75, 3.05) is 7.11 Å². The number of carbonyl (C=O) groups is 1. The molecule has 0 unspecified atom stereocenters. The van der Waals surface area contributed by atoms with Crippen LogP contribution in [0.5, 0.6) is 0 Å². The smallest absolute Gasteiger partial charge is 0.416 e. The maximum atomic E-state index is 12.8. The van der Waals surface area contributed by atoms with Crippen LogP contribution in [0.2, 0.25) is 0 Å². The number of hydrogen-bond donors (Lipinski definition) is 0. The SMILES string of the molecule is C#C/C=C(\C(=O)OC)c1cc(C(F)(F)F)ccc1CN=[N+]=[N-]. The Morgan fingerprint density at radius 3 is 2.73 bits per heavy atom. The average molecular weight is 309 g/mol. The van der Waals surface area contributed by atoms with E-state index in [4.69, 9.17) is 12.0 Å². The number of azide groups is 1. The molecule has 0 radical (unpaired) electrons. The van der Waals surface area contributed by atoms with Gasteiger partial charge in [0.2, 0.25) is 0 Å². The molecule has 0 spiro atoms. The molecule has 1 aromatic rings. The molecule has 0 aliphatic rings. The second-order valence-electron chi connectivity index (χ2n) is 3.97. The van der Waals surface area contributed by atoms with E-state index in [2.05, 4.69) is 20.7 Å². The maximum Gasteiger partial charge on any atom is 0.416 e. The minimum atomic E-state index is -4.59. The van der Waals surface area contributed by atoms with Gasteiger partial charge in [0.15, 0.2) is 0 Å². The highest BCUT2D eigenvalue weighted by Gasteiger charge is 2.31. The lowest BCUT2D eigenvalue weighted by atomic mass is 9.96. The molecule has 1 aromatic carbocycles. The number of allylic oxidation sites excluding steroid dienone is 1. The normalized spacial score (nSPS) is 11.3. The lowest BCUT2D eigenvalue weighted by molar-refractivity contribution is -0.138. The number of terminal acetylenes is 1. The number of benzene rings is 1. The summed E-state index contributed by atoms with van der Waals surface area (Å²) in [5, 5.41) is 3.29. The molecule has 22 heavy (non-hydrogen) atoms. The van der Waals surface area contributed by atoms with Crippen LogP contribution in [0.1, 0.15) is 16.7 Å². The molecule has 0 saturated heterocycles.